The number of benzene rings is 5. The number of hydrogen-bond donors (Lipinski definition) is 0. The van der Waals surface area contributed by atoms with Gasteiger partial charge in [-0.15, -0.1) is 0 Å². The van der Waals surface area contributed by atoms with Gasteiger partial charge in [0, 0.05) is 34.1 Å². The van der Waals surface area contributed by atoms with Gasteiger partial charge in [-0.25, -0.2) is 0 Å². The highest BCUT2D eigenvalue weighted by atomic mass is 15.2. The van der Waals surface area contributed by atoms with Crippen molar-refractivity contribution >= 4 is 57.2 Å². The molecular weight excluding hydrogens is 651 g/mol. The lowest BCUT2D eigenvalue weighted by Gasteiger charge is -2.46. The van der Waals surface area contributed by atoms with E-state index in [-0.39, 0.29) is 33.8 Å². The molecular formula is C51H61BN2. The fourth-order valence-electron chi connectivity index (χ4n) is 9.46. The Balaban J connectivity index is 1.46. The topological polar surface area (TPSA) is 6.48 Å². The van der Waals surface area contributed by atoms with Crippen molar-refractivity contribution in [1.82, 2.24) is 0 Å². The van der Waals surface area contributed by atoms with Gasteiger partial charge < -0.3 is 9.80 Å². The molecule has 0 fully saturated rings. The summed E-state index contributed by atoms with van der Waals surface area (Å²) in [5, 5.41) is 0. The van der Waals surface area contributed by atoms with Gasteiger partial charge in [-0.1, -0.05) is 132 Å². The molecule has 0 saturated heterocycles. The van der Waals surface area contributed by atoms with Crippen molar-refractivity contribution < 1.29 is 0 Å². The van der Waals surface area contributed by atoms with Gasteiger partial charge in [0.1, 0.15) is 0 Å². The van der Waals surface area contributed by atoms with E-state index in [2.05, 4.69) is 198 Å². The van der Waals surface area contributed by atoms with Crippen LogP contribution in [0.3, 0.4) is 0 Å². The summed E-state index contributed by atoms with van der Waals surface area (Å²) in [7, 11) is 0. The van der Waals surface area contributed by atoms with Crippen LogP contribution in [0, 0.1) is 6.92 Å². The van der Waals surface area contributed by atoms with Crippen molar-refractivity contribution in [2.24, 2.45) is 0 Å². The SMILES string of the molecule is Cc1cc2c3c(c1)N(c1ccc4c(c1)C(C)(C)CCC4(C)C)c1ccc(C(C)(C)C)cc1B3c1cc(C(C)(C)C)ccc1N2c1ccc(C(C)(C)C)cc1. The molecule has 0 spiro atoms. The monoisotopic (exact) mass is 712 g/mol. The molecule has 2 nitrogen and oxygen atoms in total. The number of nitrogens with zero attached hydrogens (tertiary/aromatic N) is 2. The number of aryl methyl sites for hydroxylation is 1. The quantitative estimate of drug-likeness (QED) is 0.165. The third-order valence-electron chi connectivity index (χ3n) is 13.0. The molecule has 3 aliphatic rings. The number of rotatable bonds is 2. The molecule has 0 atom stereocenters. The Bertz CT molecular complexity index is 2300. The van der Waals surface area contributed by atoms with Crippen LogP contribution in [-0.4, -0.2) is 6.71 Å². The van der Waals surface area contributed by atoms with Crippen molar-refractivity contribution in [3.8, 4) is 0 Å². The maximum absolute atomic E-state index is 2.61. The first-order chi connectivity index (χ1) is 25.1. The Kier molecular flexibility index (Phi) is 8.08. The van der Waals surface area contributed by atoms with Crippen LogP contribution < -0.4 is 26.2 Å². The van der Waals surface area contributed by atoms with Gasteiger partial charge in [-0.2, -0.15) is 0 Å². The summed E-state index contributed by atoms with van der Waals surface area (Å²) in [6, 6.07) is 36.4. The molecule has 0 aromatic heterocycles. The van der Waals surface area contributed by atoms with E-state index in [1.807, 2.05) is 0 Å². The molecule has 8 rings (SSSR count). The fraction of sp³-hybridized carbons (Fsp3) is 0.412. The lowest BCUT2D eigenvalue weighted by Crippen LogP contribution is -2.61. The maximum Gasteiger partial charge on any atom is 0.252 e. The van der Waals surface area contributed by atoms with E-state index in [0.717, 1.165) is 0 Å². The Hall–Kier alpha value is -4.24. The van der Waals surface area contributed by atoms with Crippen molar-refractivity contribution in [2.75, 3.05) is 9.80 Å². The summed E-state index contributed by atoms with van der Waals surface area (Å²) >= 11 is 0. The van der Waals surface area contributed by atoms with Crippen LogP contribution in [0.4, 0.5) is 34.1 Å². The van der Waals surface area contributed by atoms with Crippen molar-refractivity contribution in [3.05, 3.63) is 124 Å². The van der Waals surface area contributed by atoms with Gasteiger partial charge in [0.2, 0.25) is 0 Å². The first-order valence-corrected chi connectivity index (χ1v) is 20.4. The standard InChI is InChI=1S/C51H61BN2/c1-32-27-44-46-45(28-32)54(37-21-22-38-39(31-37)51(13,14)26-25-50(38,11)12)43-24-18-35(49(8,9)10)30-41(43)52(46)40-29-34(48(5,6)7)17-23-42(40)53(44)36-19-15-33(16-20-36)47(2,3)4/h15-24,27-31H,25-26H2,1-14H3. The Morgan fingerprint density at radius 1 is 0.463 bits per heavy atom. The van der Waals surface area contributed by atoms with E-state index >= 15 is 0 Å². The minimum Gasteiger partial charge on any atom is -0.311 e. The molecule has 0 amide bonds. The van der Waals surface area contributed by atoms with E-state index < -0.39 is 0 Å². The van der Waals surface area contributed by atoms with Crippen LogP contribution in [0.5, 0.6) is 0 Å². The maximum atomic E-state index is 2.61. The van der Waals surface area contributed by atoms with Gasteiger partial charge in [-0.05, 0) is 145 Å². The first-order valence-electron chi connectivity index (χ1n) is 20.4. The third-order valence-corrected chi connectivity index (χ3v) is 13.0. The normalized spacial score (nSPS) is 17.1. The molecule has 1 aliphatic carbocycles. The van der Waals surface area contributed by atoms with Crippen molar-refractivity contribution in [3.63, 3.8) is 0 Å². The molecule has 0 N–H and O–H groups in total. The van der Waals surface area contributed by atoms with Crippen molar-refractivity contribution in [2.45, 2.75) is 137 Å². The van der Waals surface area contributed by atoms with Crippen LogP contribution in [0.1, 0.15) is 136 Å². The highest BCUT2D eigenvalue weighted by Gasteiger charge is 2.45. The Labute approximate surface area is 327 Å². The van der Waals surface area contributed by atoms with Crippen LogP contribution in [-0.2, 0) is 27.1 Å². The zero-order valence-corrected chi connectivity index (χ0v) is 35.5. The second kappa shape index (κ2) is 11.9. The second-order valence-electron chi connectivity index (χ2n) is 21.2. The highest BCUT2D eigenvalue weighted by molar-refractivity contribution is 7.00. The molecule has 5 aromatic carbocycles. The second-order valence-corrected chi connectivity index (χ2v) is 21.2. The summed E-state index contributed by atoms with van der Waals surface area (Å²) < 4.78 is 0. The predicted octanol–water partition coefficient (Wildman–Crippen LogP) is 12.3. The molecule has 0 radical (unpaired) electrons. The van der Waals surface area contributed by atoms with Crippen LogP contribution in [0.2, 0.25) is 0 Å². The van der Waals surface area contributed by atoms with E-state index in [0.29, 0.717) is 0 Å². The van der Waals surface area contributed by atoms with Crippen LogP contribution in [0.15, 0.2) is 91.0 Å². The Morgan fingerprint density at radius 2 is 0.889 bits per heavy atom. The largest absolute Gasteiger partial charge is 0.311 e. The lowest BCUT2D eigenvalue weighted by atomic mass is 9.33. The van der Waals surface area contributed by atoms with Crippen molar-refractivity contribution in [1.29, 1.82) is 0 Å². The van der Waals surface area contributed by atoms with E-state index in [9.17, 15) is 0 Å². The molecule has 2 heterocycles. The number of fused-ring (bicyclic) bond motifs is 5. The molecule has 0 bridgehead atoms. The average molecular weight is 713 g/mol. The number of hydrogen-bond acceptors (Lipinski definition) is 2. The molecule has 54 heavy (non-hydrogen) atoms. The summed E-state index contributed by atoms with van der Waals surface area (Å²) in [5.74, 6) is 0. The summed E-state index contributed by atoms with van der Waals surface area (Å²) in [4.78, 5) is 5.17. The fourth-order valence-corrected chi connectivity index (χ4v) is 9.46. The highest BCUT2D eigenvalue weighted by Crippen LogP contribution is 2.50. The van der Waals surface area contributed by atoms with E-state index in [4.69, 9.17) is 0 Å². The van der Waals surface area contributed by atoms with Gasteiger partial charge in [0.05, 0.1) is 0 Å². The smallest absolute Gasteiger partial charge is 0.252 e. The zero-order chi connectivity index (χ0) is 38.9. The first kappa shape index (κ1) is 36.7. The molecule has 5 aromatic rings. The summed E-state index contributed by atoms with van der Waals surface area (Å²) in [6.45, 7) is 33.1. The molecule has 3 heteroatoms. The lowest BCUT2D eigenvalue weighted by molar-refractivity contribution is 0.332. The van der Waals surface area contributed by atoms with Crippen LogP contribution in [0.25, 0.3) is 0 Å². The van der Waals surface area contributed by atoms with E-state index in [1.165, 1.54) is 96.7 Å². The average Bonchev–Trinajstić information content (AvgIpc) is 3.08. The minimum atomic E-state index is 0.0171. The predicted molar refractivity (Wildman–Crippen MR) is 237 cm³/mol. The molecule has 2 aliphatic heterocycles. The third kappa shape index (κ3) is 5.84. The van der Waals surface area contributed by atoms with Crippen LogP contribution >= 0.6 is 0 Å². The summed E-state index contributed by atoms with van der Waals surface area (Å²) in [5.41, 5.74) is 20.5. The Morgan fingerprint density at radius 3 is 1.37 bits per heavy atom. The number of anilines is 6. The zero-order valence-electron chi connectivity index (χ0n) is 35.5. The minimum absolute atomic E-state index is 0.0171. The van der Waals surface area contributed by atoms with Gasteiger partial charge in [0.25, 0.3) is 6.71 Å². The van der Waals surface area contributed by atoms with Gasteiger partial charge >= 0.3 is 0 Å². The molecule has 0 saturated carbocycles. The van der Waals surface area contributed by atoms with Gasteiger partial charge in [0.15, 0.2) is 0 Å². The molecule has 278 valence electrons. The molecule has 0 unspecified atom stereocenters. The summed E-state index contributed by atoms with van der Waals surface area (Å²) in [6.07, 6.45) is 2.41. The van der Waals surface area contributed by atoms with Gasteiger partial charge in [-0.3, -0.25) is 0 Å². The van der Waals surface area contributed by atoms with E-state index in [1.54, 1.807) is 0 Å².